The zero-order valence-electron chi connectivity index (χ0n) is 11.8. The van der Waals surface area contributed by atoms with Crippen molar-refractivity contribution in [2.75, 3.05) is 20.8 Å². The predicted octanol–water partition coefficient (Wildman–Crippen LogP) is 1.48. The van der Waals surface area contributed by atoms with Crippen molar-refractivity contribution in [3.8, 4) is 0 Å². The highest BCUT2D eigenvalue weighted by Crippen LogP contribution is 2.27. The summed E-state index contributed by atoms with van der Waals surface area (Å²) in [6.45, 7) is 4.68. The highest BCUT2D eigenvalue weighted by atomic mass is 32.2. The normalized spacial score (nSPS) is 13.7. The first-order valence-electron chi connectivity index (χ1n) is 6.19. The lowest BCUT2D eigenvalue weighted by Crippen LogP contribution is -2.38. The molecule has 0 saturated carbocycles. The van der Waals surface area contributed by atoms with Crippen LogP contribution in [0.5, 0.6) is 0 Å². The minimum absolute atomic E-state index is 0.197. The third-order valence-corrected chi connectivity index (χ3v) is 5.76. The second-order valence-corrected chi connectivity index (χ2v) is 7.00. The van der Waals surface area contributed by atoms with Crippen molar-refractivity contribution < 1.29 is 13.2 Å². The van der Waals surface area contributed by atoms with Gasteiger partial charge in [-0.15, -0.1) is 11.3 Å². The third kappa shape index (κ3) is 4.25. The van der Waals surface area contributed by atoms with Gasteiger partial charge < -0.3 is 10.1 Å². The number of thiophene rings is 1. The molecule has 2 N–H and O–H groups in total. The molecule has 0 aliphatic heterocycles. The Morgan fingerprint density at radius 1 is 1.47 bits per heavy atom. The fraction of sp³-hybridized carbons (Fsp3) is 0.667. The molecule has 7 heteroatoms. The minimum atomic E-state index is -3.49. The smallest absolute Gasteiger partial charge is 0.242 e. The minimum Gasteiger partial charge on any atom is -0.383 e. The Balaban J connectivity index is 3.02. The molecule has 0 amide bonds. The first-order valence-corrected chi connectivity index (χ1v) is 8.55. The summed E-state index contributed by atoms with van der Waals surface area (Å²) in [4.78, 5) is 1.24. The van der Waals surface area contributed by atoms with Crippen LogP contribution in [0.4, 0.5) is 0 Å². The van der Waals surface area contributed by atoms with Gasteiger partial charge in [-0.1, -0.05) is 6.92 Å². The largest absolute Gasteiger partial charge is 0.383 e. The highest BCUT2D eigenvalue weighted by molar-refractivity contribution is 7.89. The molecule has 0 aliphatic rings. The maximum Gasteiger partial charge on any atom is 0.242 e. The molecule has 19 heavy (non-hydrogen) atoms. The molecule has 0 fully saturated rings. The van der Waals surface area contributed by atoms with Gasteiger partial charge in [0.15, 0.2) is 0 Å². The van der Waals surface area contributed by atoms with Crippen LogP contribution >= 0.6 is 11.3 Å². The van der Waals surface area contributed by atoms with Gasteiger partial charge in [-0.25, -0.2) is 13.1 Å². The second-order valence-electron chi connectivity index (χ2n) is 4.38. The van der Waals surface area contributed by atoms with Crippen LogP contribution in [0, 0.1) is 6.92 Å². The van der Waals surface area contributed by atoms with E-state index in [9.17, 15) is 8.42 Å². The lowest BCUT2D eigenvalue weighted by molar-refractivity contribution is 0.173. The quantitative estimate of drug-likeness (QED) is 0.763. The van der Waals surface area contributed by atoms with Crippen LogP contribution in [0.25, 0.3) is 0 Å². The molecule has 1 aromatic heterocycles. The van der Waals surface area contributed by atoms with E-state index in [0.717, 1.165) is 10.4 Å². The van der Waals surface area contributed by atoms with Gasteiger partial charge in [-0.05, 0) is 31.3 Å². The Morgan fingerprint density at radius 2 is 2.16 bits per heavy atom. The summed E-state index contributed by atoms with van der Waals surface area (Å²) in [6.07, 6.45) is 0.692. The fourth-order valence-electron chi connectivity index (χ4n) is 1.85. The van der Waals surface area contributed by atoms with Crippen molar-refractivity contribution in [3.05, 3.63) is 15.8 Å². The molecule has 5 nitrogen and oxygen atoms in total. The first kappa shape index (κ1) is 16.6. The molecule has 0 aliphatic carbocycles. The number of nitrogens with one attached hydrogen (secondary N) is 2. The maximum atomic E-state index is 12.5. The number of aryl methyl sites for hydroxylation is 1. The Bertz CT molecular complexity index is 497. The number of hydrogen-bond acceptors (Lipinski definition) is 5. The van der Waals surface area contributed by atoms with Crippen LogP contribution in [0.3, 0.4) is 0 Å². The number of sulfonamides is 1. The van der Waals surface area contributed by atoms with Crippen LogP contribution in [-0.4, -0.2) is 35.2 Å². The monoisotopic (exact) mass is 306 g/mol. The van der Waals surface area contributed by atoms with E-state index in [0.29, 0.717) is 24.5 Å². The molecule has 1 atom stereocenters. The van der Waals surface area contributed by atoms with Crippen molar-refractivity contribution >= 4 is 21.4 Å². The summed E-state index contributed by atoms with van der Waals surface area (Å²) < 4.78 is 32.7. The maximum absolute atomic E-state index is 12.5. The fourth-order valence-corrected chi connectivity index (χ4v) is 4.97. The van der Waals surface area contributed by atoms with Gasteiger partial charge in [0.2, 0.25) is 10.0 Å². The summed E-state index contributed by atoms with van der Waals surface area (Å²) in [5.41, 5.74) is 0.787. The van der Waals surface area contributed by atoms with E-state index in [-0.39, 0.29) is 6.04 Å². The third-order valence-electron chi connectivity index (χ3n) is 2.78. The summed E-state index contributed by atoms with van der Waals surface area (Å²) in [6, 6.07) is -0.197. The van der Waals surface area contributed by atoms with E-state index in [1.807, 2.05) is 19.2 Å². The zero-order chi connectivity index (χ0) is 14.5. The average Bonchev–Trinajstić information content (AvgIpc) is 2.71. The van der Waals surface area contributed by atoms with Crippen LogP contribution in [0.1, 0.15) is 23.8 Å². The summed E-state index contributed by atoms with van der Waals surface area (Å²) in [7, 11) is -0.121. The van der Waals surface area contributed by atoms with E-state index >= 15 is 0 Å². The van der Waals surface area contributed by atoms with Crippen molar-refractivity contribution in [2.45, 2.75) is 37.8 Å². The summed E-state index contributed by atoms with van der Waals surface area (Å²) in [5, 5.41) is 4.87. The molecule has 0 bridgehead atoms. The molecule has 0 aromatic carbocycles. The second kappa shape index (κ2) is 7.35. The van der Waals surface area contributed by atoms with Gasteiger partial charge in [0.1, 0.15) is 4.90 Å². The zero-order valence-corrected chi connectivity index (χ0v) is 13.5. The van der Waals surface area contributed by atoms with Crippen LogP contribution < -0.4 is 10.0 Å². The molecule has 1 rings (SSSR count). The highest BCUT2D eigenvalue weighted by Gasteiger charge is 2.25. The molecule has 1 aromatic rings. The van der Waals surface area contributed by atoms with Crippen LogP contribution in [-0.2, 0) is 21.3 Å². The first-order chi connectivity index (χ1) is 8.96. The van der Waals surface area contributed by atoms with Gasteiger partial charge in [0.25, 0.3) is 0 Å². The van der Waals surface area contributed by atoms with E-state index in [4.69, 9.17) is 4.74 Å². The molecule has 1 unspecified atom stereocenters. The number of hydrogen-bond donors (Lipinski definition) is 2. The molecule has 0 spiro atoms. The average molecular weight is 306 g/mol. The lowest BCUT2D eigenvalue weighted by atomic mass is 10.3. The Labute approximate surface area is 119 Å². The van der Waals surface area contributed by atoms with Gasteiger partial charge in [-0.2, -0.15) is 0 Å². The number of methoxy groups -OCH3 is 1. The van der Waals surface area contributed by atoms with E-state index in [1.165, 1.54) is 11.3 Å². The van der Waals surface area contributed by atoms with Crippen LogP contribution in [0.2, 0.25) is 0 Å². The van der Waals surface area contributed by atoms with Crippen molar-refractivity contribution in [1.29, 1.82) is 0 Å². The molecule has 0 radical (unpaired) electrons. The predicted molar refractivity (Wildman–Crippen MR) is 78.1 cm³/mol. The SMILES string of the molecule is CCC(COC)NS(=O)(=O)c1c(C)csc1CNC. The molecular weight excluding hydrogens is 284 g/mol. The van der Waals surface area contributed by atoms with Crippen molar-refractivity contribution in [3.63, 3.8) is 0 Å². The van der Waals surface area contributed by atoms with Crippen molar-refractivity contribution in [2.24, 2.45) is 0 Å². The lowest BCUT2D eigenvalue weighted by Gasteiger charge is -2.17. The molecular formula is C12H22N2O3S2. The Morgan fingerprint density at radius 3 is 2.68 bits per heavy atom. The molecule has 110 valence electrons. The van der Waals surface area contributed by atoms with Crippen molar-refractivity contribution in [1.82, 2.24) is 10.0 Å². The van der Waals surface area contributed by atoms with Gasteiger partial charge in [-0.3, -0.25) is 0 Å². The Hall–Kier alpha value is -0.470. The summed E-state index contributed by atoms with van der Waals surface area (Å²) >= 11 is 1.46. The summed E-state index contributed by atoms with van der Waals surface area (Å²) in [5.74, 6) is 0. The van der Waals surface area contributed by atoms with E-state index < -0.39 is 10.0 Å². The van der Waals surface area contributed by atoms with E-state index in [2.05, 4.69) is 10.0 Å². The Kier molecular flexibility index (Phi) is 6.41. The van der Waals surface area contributed by atoms with E-state index in [1.54, 1.807) is 14.2 Å². The number of ether oxygens (including phenoxy) is 1. The van der Waals surface area contributed by atoms with Gasteiger partial charge in [0, 0.05) is 24.6 Å². The standard InChI is InChI=1S/C12H22N2O3S2/c1-5-10(7-17-4)14-19(15,16)12-9(2)8-18-11(12)6-13-3/h8,10,13-14H,5-7H2,1-4H3. The molecule has 1 heterocycles. The number of rotatable bonds is 8. The molecule has 0 saturated heterocycles. The van der Waals surface area contributed by atoms with Gasteiger partial charge >= 0.3 is 0 Å². The topological polar surface area (TPSA) is 67.4 Å². The van der Waals surface area contributed by atoms with Gasteiger partial charge in [0.05, 0.1) is 6.61 Å². The van der Waals surface area contributed by atoms with Crippen LogP contribution in [0.15, 0.2) is 10.3 Å².